The van der Waals surface area contributed by atoms with Gasteiger partial charge in [0.2, 0.25) is 5.91 Å². The van der Waals surface area contributed by atoms with Crippen molar-refractivity contribution in [2.24, 2.45) is 0 Å². The van der Waals surface area contributed by atoms with Crippen LogP contribution in [0.2, 0.25) is 0 Å². The van der Waals surface area contributed by atoms with Gasteiger partial charge in [0.25, 0.3) is 5.91 Å². The third kappa shape index (κ3) is 6.19. The molecule has 0 aliphatic carbocycles. The van der Waals surface area contributed by atoms with Crippen LogP contribution in [0.4, 0.5) is 5.69 Å². The maximum atomic E-state index is 12.2. The van der Waals surface area contributed by atoms with E-state index in [9.17, 15) is 9.59 Å². The topological polar surface area (TPSA) is 74.6 Å². The molecule has 1 aromatic heterocycles. The summed E-state index contributed by atoms with van der Waals surface area (Å²) in [5.74, 6) is -0.429. The summed E-state index contributed by atoms with van der Waals surface area (Å²) < 4.78 is 5.69. The quantitative estimate of drug-likeness (QED) is 0.707. The molecule has 25 heavy (non-hydrogen) atoms. The molecule has 0 saturated carbocycles. The number of amides is 2. The maximum Gasteiger partial charge on any atom is 0.289 e. The molecule has 1 heterocycles. The van der Waals surface area contributed by atoms with E-state index in [1.807, 2.05) is 31.2 Å². The van der Waals surface area contributed by atoms with Gasteiger partial charge in [-0.05, 0) is 46.2 Å². The second kappa shape index (κ2) is 10.2. The van der Waals surface area contributed by atoms with Crippen molar-refractivity contribution in [3.8, 4) is 0 Å². The lowest BCUT2D eigenvalue weighted by Gasteiger charge is -2.16. The Labute approximate surface area is 161 Å². The molecule has 2 N–H and O–H groups in total. The van der Waals surface area contributed by atoms with Crippen molar-refractivity contribution in [1.82, 2.24) is 10.2 Å². The lowest BCUT2D eigenvalue weighted by atomic mass is 10.1. The summed E-state index contributed by atoms with van der Waals surface area (Å²) in [5, 5.41) is 6.08. The fourth-order valence-corrected chi connectivity index (χ4v) is 2.46. The summed E-state index contributed by atoms with van der Waals surface area (Å²) in [4.78, 5) is 25.7. The Bertz CT molecular complexity index is 721. The van der Waals surface area contributed by atoms with Crippen LogP contribution in [0.15, 0.2) is 45.5 Å². The second-order valence-corrected chi connectivity index (χ2v) is 6.03. The average molecular weight is 431 g/mol. The lowest BCUT2D eigenvalue weighted by molar-refractivity contribution is -0.116. The molecular weight excluding hydrogens is 410 g/mol. The zero-order valence-electron chi connectivity index (χ0n) is 14.0. The number of carbonyl (C=O) groups excluding carboxylic acids is 2. The van der Waals surface area contributed by atoms with Crippen molar-refractivity contribution < 1.29 is 14.0 Å². The van der Waals surface area contributed by atoms with Crippen molar-refractivity contribution in [2.75, 3.05) is 25.5 Å². The van der Waals surface area contributed by atoms with Crippen LogP contribution in [0.5, 0.6) is 0 Å². The van der Waals surface area contributed by atoms with Gasteiger partial charge < -0.3 is 20.0 Å². The van der Waals surface area contributed by atoms with Gasteiger partial charge in [0, 0.05) is 19.3 Å². The third-order valence-corrected chi connectivity index (χ3v) is 3.79. The Kier molecular flexibility index (Phi) is 8.68. The van der Waals surface area contributed by atoms with Crippen LogP contribution >= 0.6 is 28.3 Å². The van der Waals surface area contributed by atoms with E-state index in [1.165, 1.54) is 4.90 Å². The molecule has 0 fully saturated rings. The van der Waals surface area contributed by atoms with Gasteiger partial charge in [-0.25, -0.2) is 0 Å². The number of carbonyl (C=O) groups is 2. The van der Waals surface area contributed by atoms with Gasteiger partial charge in [0.1, 0.15) is 0 Å². The molecule has 136 valence electrons. The molecule has 1 aromatic carbocycles. The monoisotopic (exact) mass is 429 g/mol. The molecule has 2 amide bonds. The van der Waals surface area contributed by atoms with Crippen molar-refractivity contribution in [2.45, 2.75) is 13.5 Å². The van der Waals surface area contributed by atoms with Crippen molar-refractivity contribution in [1.29, 1.82) is 0 Å². The van der Waals surface area contributed by atoms with Crippen LogP contribution < -0.4 is 10.6 Å². The number of furan rings is 1. The van der Waals surface area contributed by atoms with E-state index in [-0.39, 0.29) is 36.5 Å². The molecule has 0 atom stereocenters. The average Bonchev–Trinajstić information content (AvgIpc) is 2.99. The fraction of sp³-hybridized carbons (Fsp3) is 0.294. The van der Waals surface area contributed by atoms with E-state index in [1.54, 1.807) is 19.2 Å². The number of anilines is 1. The largest absolute Gasteiger partial charge is 0.444 e. The van der Waals surface area contributed by atoms with E-state index >= 15 is 0 Å². The number of nitrogens with zero attached hydrogens (tertiary/aromatic N) is 1. The van der Waals surface area contributed by atoms with Gasteiger partial charge in [0.05, 0.1) is 6.54 Å². The Morgan fingerprint density at radius 2 is 1.92 bits per heavy atom. The minimum atomic E-state index is -0.350. The predicted octanol–water partition coefficient (Wildman–Crippen LogP) is 3.28. The van der Waals surface area contributed by atoms with Gasteiger partial charge in [-0.1, -0.05) is 25.1 Å². The number of likely N-dealkylation sites (N-methyl/N-ethyl adjacent to an activating group) is 1. The molecular formula is C17H21BrClN3O3. The van der Waals surface area contributed by atoms with Gasteiger partial charge in [-0.15, -0.1) is 12.4 Å². The molecule has 0 unspecified atom stereocenters. The van der Waals surface area contributed by atoms with Crippen LogP contribution in [-0.2, 0) is 11.3 Å². The van der Waals surface area contributed by atoms with E-state index < -0.39 is 0 Å². The number of para-hydroxylation sites is 1. The van der Waals surface area contributed by atoms with Crippen LogP contribution in [0, 0.1) is 0 Å². The first-order valence-electron chi connectivity index (χ1n) is 7.60. The van der Waals surface area contributed by atoms with E-state index in [2.05, 4.69) is 26.6 Å². The molecule has 0 bridgehead atoms. The van der Waals surface area contributed by atoms with Gasteiger partial charge in [-0.2, -0.15) is 0 Å². The highest BCUT2D eigenvalue weighted by molar-refractivity contribution is 9.10. The second-order valence-electron chi connectivity index (χ2n) is 5.25. The molecule has 0 saturated heterocycles. The zero-order chi connectivity index (χ0) is 17.5. The summed E-state index contributed by atoms with van der Waals surface area (Å²) in [6, 6.07) is 10.8. The molecule has 0 aliphatic rings. The first-order chi connectivity index (χ1) is 11.5. The predicted molar refractivity (Wildman–Crippen MR) is 103 cm³/mol. The third-order valence-electron chi connectivity index (χ3n) is 3.37. The standard InChI is InChI=1S/C17H20BrN3O3.ClH/c1-3-19-10-12-6-4-5-7-13(12)20-16(22)11-21(2)17(23)14-8-9-15(18)24-14;/h4-9,19H,3,10-11H2,1-2H3,(H,20,22);1H. The van der Waals surface area contributed by atoms with Crippen molar-refractivity contribution in [3.63, 3.8) is 0 Å². The summed E-state index contributed by atoms with van der Waals surface area (Å²) in [6.07, 6.45) is 0. The van der Waals surface area contributed by atoms with E-state index in [0.717, 1.165) is 17.8 Å². The summed E-state index contributed by atoms with van der Waals surface area (Å²) in [5.41, 5.74) is 1.74. The zero-order valence-corrected chi connectivity index (χ0v) is 16.4. The Morgan fingerprint density at radius 1 is 1.20 bits per heavy atom. The SMILES string of the molecule is CCNCc1ccccc1NC(=O)CN(C)C(=O)c1ccc(Br)o1.Cl. The van der Waals surface area contributed by atoms with Gasteiger partial charge in [-0.3, -0.25) is 9.59 Å². The first kappa shape index (κ1) is 21.2. The summed E-state index contributed by atoms with van der Waals surface area (Å²) >= 11 is 3.15. The molecule has 6 nitrogen and oxygen atoms in total. The Balaban J connectivity index is 0.00000312. The van der Waals surface area contributed by atoms with Crippen LogP contribution in [0.25, 0.3) is 0 Å². The summed E-state index contributed by atoms with van der Waals surface area (Å²) in [6.45, 7) is 3.47. The van der Waals surface area contributed by atoms with Crippen LogP contribution in [0.1, 0.15) is 23.0 Å². The molecule has 2 rings (SSSR count). The van der Waals surface area contributed by atoms with Crippen molar-refractivity contribution >= 4 is 45.8 Å². The normalized spacial score (nSPS) is 10.0. The highest BCUT2D eigenvalue weighted by Gasteiger charge is 2.18. The molecule has 0 radical (unpaired) electrons. The Morgan fingerprint density at radius 3 is 2.56 bits per heavy atom. The number of rotatable bonds is 7. The van der Waals surface area contributed by atoms with Crippen molar-refractivity contribution in [3.05, 3.63) is 52.4 Å². The first-order valence-corrected chi connectivity index (χ1v) is 8.39. The van der Waals surface area contributed by atoms with E-state index in [4.69, 9.17) is 4.42 Å². The molecule has 0 spiro atoms. The van der Waals surface area contributed by atoms with Crippen LogP contribution in [0.3, 0.4) is 0 Å². The fourth-order valence-electron chi connectivity index (χ4n) is 2.15. The molecule has 8 heteroatoms. The minimum Gasteiger partial charge on any atom is -0.444 e. The highest BCUT2D eigenvalue weighted by Crippen LogP contribution is 2.16. The smallest absolute Gasteiger partial charge is 0.289 e. The lowest BCUT2D eigenvalue weighted by Crippen LogP contribution is -2.35. The number of nitrogens with one attached hydrogen (secondary N) is 2. The molecule has 0 aliphatic heterocycles. The highest BCUT2D eigenvalue weighted by atomic mass is 79.9. The minimum absolute atomic E-state index is 0. The number of hydrogen-bond acceptors (Lipinski definition) is 4. The van der Waals surface area contributed by atoms with Gasteiger partial charge in [0.15, 0.2) is 10.4 Å². The number of halogens is 2. The number of benzene rings is 1. The maximum absolute atomic E-state index is 12.2. The van der Waals surface area contributed by atoms with E-state index in [0.29, 0.717) is 11.2 Å². The van der Waals surface area contributed by atoms with Gasteiger partial charge >= 0.3 is 0 Å². The molecule has 2 aromatic rings. The van der Waals surface area contributed by atoms with Crippen LogP contribution in [-0.4, -0.2) is 36.9 Å². The Hall–Kier alpha value is -1.83. The summed E-state index contributed by atoms with van der Waals surface area (Å²) in [7, 11) is 1.56. The number of hydrogen-bond donors (Lipinski definition) is 2.